The Labute approximate surface area is 277 Å². The lowest BCUT2D eigenvalue weighted by molar-refractivity contribution is -0.114. The first-order valence-electron chi connectivity index (χ1n) is 13.8. The number of nitrogens with one attached hydrogen (secondary N) is 1. The summed E-state index contributed by atoms with van der Waals surface area (Å²) >= 11 is 12.8. The fourth-order valence-corrected chi connectivity index (χ4v) is 6.31. The van der Waals surface area contributed by atoms with Crippen LogP contribution in [0.3, 0.4) is 0 Å². The number of amides is 1. The lowest BCUT2D eigenvalue weighted by atomic mass is 9.90. The summed E-state index contributed by atoms with van der Waals surface area (Å²) in [6, 6.07) is 9.07. The van der Waals surface area contributed by atoms with E-state index in [-0.39, 0.29) is 50.9 Å². The molecule has 248 valence electrons. The predicted octanol–water partition coefficient (Wildman–Crippen LogP) is 6.46. The minimum absolute atomic E-state index is 0.0123. The van der Waals surface area contributed by atoms with Gasteiger partial charge in [0.15, 0.2) is 5.82 Å². The Hall–Kier alpha value is -3.59. The minimum atomic E-state index is -4.64. The van der Waals surface area contributed by atoms with Crippen molar-refractivity contribution in [2.75, 3.05) is 29.1 Å². The first-order chi connectivity index (χ1) is 21.3. The van der Waals surface area contributed by atoms with Crippen LogP contribution in [0.2, 0.25) is 10.0 Å². The van der Waals surface area contributed by atoms with Gasteiger partial charge >= 0.3 is 0 Å². The molecule has 46 heavy (non-hydrogen) atoms. The second-order valence-corrected chi connectivity index (χ2v) is 15.0. The van der Waals surface area contributed by atoms with Crippen LogP contribution in [0, 0.1) is 11.3 Å². The van der Waals surface area contributed by atoms with Crippen molar-refractivity contribution in [1.29, 1.82) is 5.26 Å². The summed E-state index contributed by atoms with van der Waals surface area (Å²) in [7, 11) is -8.70. The Morgan fingerprint density at radius 1 is 1.09 bits per heavy atom. The van der Waals surface area contributed by atoms with Crippen LogP contribution < -0.4 is 10.2 Å². The fourth-order valence-electron chi connectivity index (χ4n) is 4.43. The number of halogens is 2. The smallest absolute Gasteiger partial charge is 0.294 e. The van der Waals surface area contributed by atoms with Crippen molar-refractivity contribution < 1.29 is 30.7 Å². The largest absolute Gasteiger partial charge is 0.372 e. The number of nitrogens with zero attached hydrogens (tertiary/aromatic N) is 6. The topological polar surface area (TPSA) is 207 Å². The van der Waals surface area contributed by atoms with Gasteiger partial charge in [-0.1, -0.05) is 44.0 Å². The third-order valence-corrected chi connectivity index (χ3v) is 8.77. The zero-order valence-corrected chi connectivity index (χ0v) is 28.8. The van der Waals surface area contributed by atoms with Gasteiger partial charge in [-0.15, -0.1) is 10.2 Å². The Balaban J connectivity index is 2.15. The number of carbonyl (C=O) groups excluding carboxylic acids is 1. The van der Waals surface area contributed by atoms with Gasteiger partial charge in [-0.05, 0) is 50.1 Å². The SMILES string of the molecule is CCN(CCCCS(=O)(=O)O)c1ccc(N=Nc2c(C#N)c(C(C)(C)C)nn2-c2c(Cl)cc(S(=O)(=O)O)cc2Cl)c(NC(C)=O)c1. The molecule has 3 rings (SSSR count). The van der Waals surface area contributed by atoms with E-state index in [1.165, 1.54) is 11.6 Å². The molecule has 0 saturated heterocycles. The molecule has 0 atom stereocenters. The van der Waals surface area contributed by atoms with Crippen LogP contribution in [0.4, 0.5) is 22.9 Å². The maximum atomic E-state index is 12.1. The van der Waals surface area contributed by atoms with Crippen molar-refractivity contribution in [3.8, 4) is 11.8 Å². The zero-order chi connectivity index (χ0) is 34.6. The van der Waals surface area contributed by atoms with E-state index in [1.807, 2.05) is 32.6 Å². The Morgan fingerprint density at radius 3 is 2.22 bits per heavy atom. The van der Waals surface area contributed by atoms with Gasteiger partial charge in [-0.25, -0.2) is 4.68 Å². The number of carbonyl (C=O) groups is 1. The number of benzene rings is 2. The molecule has 0 radical (unpaired) electrons. The molecule has 3 N–H and O–H groups in total. The lowest BCUT2D eigenvalue weighted by Crippen LogP contribution is -2.24. The number of hydrogen-bond donors (Lipinski definition) is 3. The van der Waals surface area contributed by atoms with E-state index in [4.69, 9.17) is 27.8 Å². The molecule has 0 bridgehead atoms. The number of nitriles is 1. The predicted molar refractivity (Wildman–Crippen MR) is 175 cm³/mol. The number of azo groups is 1. The van der Waals surface area contributed by atoms with Crippen molar-refractivity contribution in [2.24, 2.45) is 10.2 Å². The first-order valence-corrected chi connectivity index (χ1v) is 17.6. The standard InChI is InChI=1S/C28H33Cl2N7O7S2/c1-6-36(11-7-8-12-45(39,40)41)18-9-10-23(24(13-18)32-17(2)38)33-34-27-20(16-31)26(28(3,4)5)35-37(27)25-21(29)14-19(15-22(25)30)46(42,43)44/h9-10,13-15H,6-8,11-12H2,1-5H3,(H,32,38)(H,39,40,41)(H,42,43,44). The quantitative estimate of drug-likeness (QED) is 0.106. The fraction of sp³-hybridized carbons (Fsp3) is 0.393. The molecule has 0 aliphatic rings. The Kier molecular flexibility index (Phi) is 11.6. The van der Waals surface area contributed by atoms with Crippen LogP contribution >= 0.6 is 23.2 Å². The van der Waals surface area contributed by atoms with E-state index in [0.717, 1.165) is 12.1 Å². The molecule has 1 amide bonds. The maximum Gasteiger partial charge on any atom is 0.294 e. The molecule has 2 aromatic carbocycles. The Morgan fingerprint density at radius 2 is 1.72 bits per heavy atom. The average Bonchev–Trinajstić information content (AvgIpc) is 3.29. The van der Waals surface area contributed by atoms with E-state index in [0.29, 0.717) is 36.6 Å². The van der Waals surface area contributed by atoms with Gasteiger partial charge < -0.3 is 10.2 Å². The van der Waals surface area contributed by atoms with Gasteiger partial charge in [0.05, 0.1) is 32.1 Å². The Bertz CT molecular complexity index is 1910. The highest BCUT2D eigenvalue weighted by Gasteiger charge is 2.30. The summed E-state index contributed by atoms with van der Waals surface area (Å²) in [5.41, 5.74) is 0.895. The second-order valence-electron chi connectivity index (χ2n) is 11.2. The monoisotopic (exact) mass is 713 g/mol. The normalized spacial score (nSPS) is 12.3. The van der Waals surface area contributed by atoms with Crippen molar-refractivity contribution in [1.82, 2.24) is 9.78 Å². The summed E-state index contributed by atoms with van der Waals surface area (Å²) in [6.45, 7) is 9.73. The molecule has 1 aromatic heterocycles. The highest BCUT2D eigenvalue weighted by atomic mass is 35.5. The molecule has 0 saturated carbocycles. The molecule has 18 heteroatoms. The van der Waals surface area contributed by atoms with Gasteiger partial charge in [-0.2, -0.15) is 27.2 Å². The summed E-state index contributed by atoms with van der Waals surface area (Å²) in [5.74, 6) is -0.817. The van der Waals surface area contributed by atoms with Gasteiger partial charge in [0, 0.05) is 31.1 Å². The molecule has 0 fully saturated rings. The van der Waals surface area contributed by atoms with Crippen LogP contribution in [0.5, 0.6) is 0 Å². The minimum Gasteiger partial charge on any atom is -0.372 e. The van der Waals surface area contributed by atoms with Crippen molar-refractivity contribution >= 4 is 72.2 Å². The number of aromatic nitrogens is 2. The van der Waals surface area contributed by atoms with Gasteiger partial charge in [0.1, 0.15) is 23.0 Å². The number of hydrogen-bond acceptors (Lipinski definition) is 10. The van der Waals surface area contributed by atoms with E-state index < -0.39 is 30.5 Å². The second kappa shape index (κ2) is 14.4. The molecule has 0 aliphatic heterocycles. The average molecular weight is 715 g/mol. The molecule has 0 aliphatic carbocycles. The molecule has 0 unspecified atom stereocenters. The molecule has 14 nitrogen and oxygen atoms in total. The molecular weight excluding hydrogens is 681 g/mol. The third kappa shape index (κ3) is 9.24. The summed E-state index contributed by atoms with van der Waals surface area (Å²) in [4.78, 5) is 13.5. The first kappa shape index (κ1) is 36.9. The lowest BCUT2D eigenvalue weighted by Gasteiger charge is -2.24. The summed E-state index contributed by atoms with van der Waals surface area (Å²) in [6.07, 6.45) is 0.746. The van der Waals surface area contributed by atoms with E-state index in [9.17, 15) is 31.4 Å². The van der Waals surface area contributed by atoms with Crippen molar-refractivity contribution in [3.05, 3.63) is 51.6 Å². The van der Waals surface area contributed by atoms with Crippen LogP contribution in [0.25, 0.3) is 5.69 Å². The van der Waals surface area contributed by atoms with Crippen LogP contribution in [0.1, 0.15) is 58.7 Å². The van der Waals surface area contributed by atoms with Crippen molar-refractivity contribution in [2.45, 2.75) is 57.8 Å². The van der Waals surface area contributed by atoms with Crippen LogP contribution in [-0.4, -0.2) is 60.5 Å². The summed E-state index contributed by atoms with van der Waals surface area (Å²) in [5, 5.41) is 25.7. The van der Waals surface area contributed by atoms with E-state index in [2.05, 4.69) is 26.7 Å². The number of anilines is 2. The van der Waals surface area contributed by atoms with Crippen LogP contribution in [0.15, 0.2) is 45.5 Å². The molecule has 0 spiro atoms. The zero-order valence-electron chi connectivity index (χ0n) is 25.6. The molecular formula is C28H33Cl2N7O7S2. The molecule has 3 aromatic rings. The number of rotatable bonds is 12. The van der Waals surface area contributed by atoms with E-state index >= 15 is 0 Å². The van der Waals surface area contributed by atoms with Crippen molar-refractivity contribution in [3.63, 3.8) is 0 Å². The maximum absolute atomic E-state index is 12.1. The van der Waals surface area contributed by atoms with Gasteiger partial charge in [0.25, 0.3) is 20.2 Å². The molecule has 1 heterocycles. The third-order valence-electron chi connectivity index (χ3n) is 6.55. The number of unbranched alkanes of at least 4 members (excludes halogenated alkanes) is 1. The summed E-state index contributed by atoms with van der Waals surface area (Å²) < 4.78 is 65.2. The van der Waals surface area contributed by atoms with Gasteiger partial charge in [0.2, 0.25) is 5.91 Å². The highest BCUT2D eigenvalue weighted by Crippen LogP contribution is 2.40. The highest BCUT2D eigenvalue weighted by molar-refractivity contribution is 7.86. The van der Waals surface area contributed by atoms with Crippen LogP contribution in [-0.2, 0) is 30.4 Å². The van der Waals surface area contributed by atoms with Gasteiger partial charge in [-0.3, -0.25) is 13.9 Å². The van der Waals surface area contributed by atoms with E-state index in [1.54, 1.807) is 18.2 Å².